The van der Waals surface area contributed by atoms with Crippen LogP contribution in [0.5, 0.6) is 0 Å². The van der Waals surface area contributed by atoms with Gasteiger partial charge < -0.3 is 10.1 Å². The number of rotatable bonds is 2. The number of aromatic nitrogens is 2. The summed E-state index contributed by atoms with van der Waals surface area (Å²) < 4.78 is 14.8. The molecule has 2 heterocycles. The van der Waals surface area contributed by atoms with E-state index in [0.717, 1.165) is 16.9 Å². The largest absolute Gasteiger partial charge is 0.397 e. The van der Waals surface area contributed by atoms with Gasteiger partial charge in [0.05, 0.1) is 17.4 Å². The first-order chi connectivity index (χ1) is 8.74. The molecule has 3 rings (SSSR count). The second-order valence-electron chi connectivity index (χ2n) is 4.20. The van der Waals surface area contributed by atoms with E-state index in [0.29, 0.717) is 12.1 Å². The van der Waals surface area contributed by atoms with E-state index < -0.39 is 0 Å². The van der Waals surface area contributed by atoms with Gasteiger partial charge >= 0.3 is 0 Å². The first-order valence-corrected chi connectivity index (χ1v) is 5.69. The van der Waals surface area contributed by atoms with E-state index >= 15 is 0 Å². The van der Waals surface area contributed by atoms with Crippen LogP contribution in [0.1, 0.15) is 11.4 Å². The normalized spacial score (nSPS) is 10.9. The van der Waals surface area contributed by atoms with Crippen molar-refractivity contribution in [3.8, 4) is 0 Å². The quantitative estimate of drug-likeness (QED) is 0.749. The molecule has 0 bridgehead atoms. The summed E-state index contributed by atoms with van der Waals surface area (Å²) in [6, 6.07) is 10.2. The van der Waals surface area contributed by atoms with Gasteiger partial charge in [-0.05, 0) is 29.8 Å². The maximum atomic E-state index is 12.8. The molecule has 4 heteroatoms. The number of fused-ring (bicyclic) bond motifs is 1. The number of hydrogen-bond acceptors (Lipinski definition) is 2. The highest BCUT2D eigenvalue weighted by Crippen LogP contribution is 2.16. The minimum Gasteiger partial charge on any atom is -0.397 e. The van der Waals surface area contributed by atoms with Gasteiger partial charge in [-0.25, -0.2) is 9.37 Å². The summed E-state index contributed by atoms with van der Waals surface area (Å²) in [6.07, 6.45) is 4.34. The van der Waals surface area contributed by atoms with Crippen molar-refractivity contribution >= 4 is 11.2 Å². The molecule has 90 valence electrons. The Hall–Kier alpha value is -2.36. The second kappa shape index (κ2) is 4.14. The number of halogens is 1. The van der Waals surface area contributed by atoms with Crippen molar-refractivity contribution in [1.82, 2.24) is 9.38 Å². The third-order valence-corrected chi connectivity index (χ3v) is 2.96. The maximum absolute atomic E-state index is 12.8. The minimum atomic E-state index is -0.226. The summed E-state index contributed by atoms with van der Waals surface area (Å²) in [6.45, 7) is 0. The SMILES string of the molecule is Nc1cccn2c(Cc3ccc(F)cc3)ncc12. The van der Waals surface area contributed by atoms with Crippen molar-refractivity contribution in [2.75, 3.05) is 5.73 Å². The average Bonchev–Trinajstić information content (AvgIpc) is 2.77. The Kier molecular flexibility index (Phi) is 2.48. The highest BCUT2D eigenvalue weighted by molar-refractivity contribution is 5.68. The highest BCUT2D eigenvalue weighted by atomic mass is 19.1. The molecule has 3 aromatic rings. The van der Waals surface area contributed by atoms with Crippen molar-refractivity contribution in [3.63, 3.8) is 0 Å². The fraction of sp³-hybridized carbons (Fsp3) is 0.0714. The monoisotopic (exact) mass is 241 g/mol. The van der Waals surface area contributed by atoms with Crippen LogP contribution in [-0.2, 0) is 6.42 Å². The fourth-order valence-corrected chi connectivity index (χ4v) is 2.01. The lowest BCUT2D eigenvalue weighted by Gasteiger charge is -2.03. The number of hydrogen-bond donors (Lipinski definition) is 1. The first-order valence-electron chi connectivity index (χ1n) is 5.69. The number of pyridine rings is 1. The molecular formula is C14H12FN3. The lowest BCUT2D eigenvalue weighted by atomic mass is 10.1. The standard InChI is InChI=1S/C14H12FN3/c15-11-5-3-10(4-6-11)8-14-17-9-13-12(16)2-1-7-18(13)14/h1-7,9H,8,16H2. The summed E-state index contributed by atoms with van der Waals surface area (Å²) >= 11 is 0. The third kappa shape index (κ3) is 1.82. The van der Waals surface area contributed by atoms with Crippen molar-refractivity contribution in [2.45, 2.75) is 6.42 Å². The Morgan fingerprint density at radius 2 is 1.94 bits per heavy atom. The van der Waals surface area contributed by atoms with Crippen LogP contribution in [0.2, 0.25) is 0 Å². The zero-order chi connectivity index (χ0) is 12.5. The van der Waals surface area contributed by atoms with Gasteiger partial charge in [-0.15, -0.1) is 0 Å². The molecule has 0 fully saturated rings. The van der Waals surface area contributed by atoms with E-state index in [9.17, 15) is 4.39 Å². The second-order valence-corrected chi connectivity index (χ2v) is 4.20. The van der Waals surface area contributed by atoms with Crippen LogP contribution in [0.4, 0.5) is 10.1 Å². The minimum absolute atomic E-state index is 0.226. The maximum Gasteiger partial charge on any atom is 0.123 e. The predicted molar refractivity (Wildman–Crippen MR) is 68.8 cm³/mol. The van der Waals surface area contributed by atoms with E-state index in [-0.39, 0.29) is 5.82 Å². The molecule has 0 atom stereocenters. The molecule has 0 saturated heterocycles. The van der Waals surface area contributed by atoms with Crippen molar-refractivity contribution in [2.24, 2.45) is 0 Å². The van der Waals surface area contributed by atoms with Gasteiger partial charge in [-0.2, -0.15) is 0 Å². The zero-order valence-electron chi connectivity index (χ0n) is 9.68. The van der Waals surface area contributed by atoms with Gasteiger partial charge in [-0.3, -0.25) is 0 Å². The van der Waals surface area contributed by atoms with Crippen LogP contribution in [0.15, 0.2) is 48.8 Å². The summed E-state index contributed by atoms with van der Waals surface area (Å²) in [7, 11) is 0. The van der Waals surface area contributed by atoms with E-state index in [4.69, 9.17) is 5.73 Å². The van der Waals surface area contributed by atoms with E-state index in [1.54, 1.807) is 18.3 Å². The molecule has 0 radical (unpaired) electrons. The van der Waals surface area contributed by atoms with Crippen LogP contribution in [-0.4, -0.2) is 9.38 Å². The Balaban J connectivity index is 2.00. The lowest BCUT2D eigenvalue weighted by molar-refractivity contribution is 0.627. The molecule has 0 amide bonds. The Bertz CT molecular complexity index is 686. The number of nitrogens with two attached hydrogens (primary N) is 1. The van der Waals surface area contributed by atoms with Gasteiger partial charge in [0, 0.05) is 12.6 Å². The lowest BCUT2D eigenvalue weighted by Crippen LogP contribution is -1.97. The third-order valence-electron chi connectivity index (χ3n) is 2.96. The Morgan fingerprint density at radius 1 is 1.17 bits per heavy atom. The number of imidazole rings is 1. The first kappa shape index (κ1) is 10.8. The highest BCUT2D eigenvalue weighted by Gasteiger charge is 2.06. The number of nitrogen functional groups attached to an aromatic ring is 1. The molecule has 0 saturated carbocycles. The summed E-state index contributed by atoms with van der Waals surface area (Å²) in [4.78, 5) is 4.36. The topological polar surface area (TPSA) is 43.3 Å². The van der Waals surface area contributed by atoms with Crippen LogP contribution in [0.25, 0.3) is 5.52 Å². The van der Waals surface area contributed by atoms with Gasteiger partial charge in [0.15, 0.2) is 0 Å². The molecule has 0 spiro atoms. The molecule has 0 aliphatic rings. The molecular weight excluding hydrogens is 229 g/mol. The fourth-order valence-electron chi connectivity index (χ4n) is 2.01. The Morgan fingerprint density at radius 3 is 2.72 bits per heavy atom. The summed E-state index contributed by atoms with van der Waals surface area (Å²) in [5.74, 6) is 0.667. The van der Waals surface area contributed by atoms with Crippen molar-refractivity contribution in [1.29, 1.82) is 0 Å². The summed E-state index contributed by atoms with van der Waals surface area (Å²) in [5.41, 5.74) is 8.49. The van der Waals surface area contributed by atoms with Crippen molar-refractivity contribution in [3.05, 3.63) is 66.0 Å². The smallest absolute Gasteiger partial charge is 0.123 e. The summed E-state index contributed by atoms with van der Waals surface area (Å²) in [5, 5.41) is 0. The van der Waals surface area contributed by atoms with Crippen LogP contribution in [0, 0.1) is 5.82 Å². The van der Waals surface area contributed by atoms with Crippen LogP contribution < -0.4 is 5.73 Å². The predicted octanol–water partition coefficient (Wildman–Crippen LogP) is 2.65. The van der Waals surface area contributed by atoms with Gasteiger partial charge in [0.2, 0.25) is 0 Å². The van der Waals surface area contributed by atoms with Crippen LogP contribution >= 0.6 is 0 Å². The molecule has 2 aromatic heterocycles. The van der Waals surface area contributed by atoms with E-state index in [1.807, 2.05) is 22.7 Å². The number of benzene rings is 1. The molecule has 0 aliphatic carbocycles. The molecule has 3 nitrogen and oxygen atoms in total. The zero-order valence-corrected chi connectivity index (χ0v) is 9.68. The van der Waals surface area contributed by atoms with Gasteiger partial charge in [0.25, 0.3) is 0 Å². The molecule has 0 unspecified atom stereocenters. The van der Waals surface area contributed by atoms with E-state index in [1.165, 1.54) is 12.1 Å². The molecule has 2 N–H and O–H groups in total. The Labute approximate surface area is 104 Å². The van der Waals surface area contributed by atoms with Gasteiger partial charge in [0.1, 0.15) is 11.6 Å². The van der Waals surface area contributed by atoms with E-state index in [2.05, 4.69) is 4.98 Å². The van der Waals surface area contributed by atoms with Crippen LogP contribution in [0.3, 0.4) is 0 Å². The molecule has 1 aromatic carbocycles. The number of anilines is 1. The van der Waals surface area contributed by atoms with Crippen molar-refractivity contribution < 1.29 is 4.39 Å². The molecule has 18 heavy (non-hydrogen) atoms. The number of nitrogens with zero attached hydrogens (tertiary/aromatic N) is 2. The van der Waals surface area contributed by atoms with Gasteiger partial charge in [-0.1, -0.05) is 12.1 Å². The molecule has 0 aliphatic heterocycles. The average molecular weight is 241 g/mol.